The van der Waals surface area contributed by atoms with Gasteiger partial charge in [0.15, 0.2) is 5.78 Å². The summed E-state index contributed by atoms with van der Waals surface area (Å²) in [4.78, 5) is 13.9. The third kappa shape index (κ3) is 2.06. The van der Waals surface area contributed by atoms with Crippen LogP contribution < -0.4 is 0 Å². The average molecular weight is 286 g/mol. The lowest BCUT2D eigenvalue weighted by Gasteiger charge is -2.33. The predicted molar refractivity (Wildman–Crippen MR) is 80.0 cm³/mol. The lowest BCUT2D eigenvalue weighted by molar-refractivity contribution is 0.0906. The molecule has 1 aliphatic heterocycles. The monoisotopic (exact) mass is 286 g/mol. The Labute approximate surface area is 122 Å². The lowest BCUT2D eigenvalue weighted by atomic mass is 9.77. The van der Waals surface area contributed by atoms with Crippen molar-refractivity contribution in [2.75, 3.05) is 5.75 Å². The molecule has 1 atom stereocenters. The zero-order valence-electron chi connectivity index (χ0n) is 11.4. The molecule has 0 amide bonds. The minimum atomic E-state index is -0.583. The first-order chi connectivity index (χ1) is 9.50. The fraction of sp³-hybridized carbons (Fsp3) is 0.235. The van der Waals surface area contributed by atoms with Crippen molar-refractivity contribution in [3.63, 3.8) is 0 Å². The summed E-state index contributed by atoms with van der Waals surface area (Å²) in [6.45, 7) is 3.97. The van der Waals surface area contributed by atoms with Gasteiger partial charge in [0.25, 0.3) is 0 Å². The van der Waals surface area contributed by atoms with E-state index in [2.05, 4.69) is 6.07 Å². The molecule has 0 spiro atoms. The highest BCUT2D eigenvalue weighted by Gasteiger charge is 2.40. The molecule has 0 bridgehead atoms. The van der Waals surface area contributed by atoms with E-state index in [9.17, 15) is 9.18 Å². The molecule has 102 valence electrons. The molecular weight excluding hydrogens is 271 g/mol. The molecule has 2 aromatic rings. The van der Waals surface area contributed by atoms with Gasteiger partial charge < -0.3 is 0 Å². The molecule has 1 aliphatic rings. The summed E-state index contributed by atoms with van der Waals surface area (Å²) >= 11 is 1.70. The standard InChI is InChI=1S/C17H15FOS/c1-11-3-8-14-15(9-11)20-10-17(2,16(14)19)12-4-6-13(18)7-5-12/h3-9H,10H2,1-2H3. The fourth-order valence-electron chi connectivity index (χ4n) is 2.55. The number of rotatable bonds is 1. The molecule has 0 aliphatic carbocycles. The minimum absolute atomic E-state index is 0.123. The number of hydrogen-bond acceptors (Lipinski definition) is 2. The van der Waals surface area contributed by atoms with Crippen LogP contribution in [-0.4, -0.2) is 11.5 Å². The second kappa shape index (κ2) is 4.74. The molecule has 1 nitrogen and oxygen atoms in total. The number of benzene rings is 2. The zero-order chi connectivity index (χ0) is 14.3. The second-order valence-electron chi connectivity index (χ2n) is 5.46. The third-order valence-corrected chi connectivity index (χ3v) is 5.25. The molecule has 0 fully saturated rings. The molecule has 3 rings (SSSR count). The van der Waals surface area contributed by atoms with Crippen LogP contribution in [0.5, 0.6) is 0 Å². The van der Waals surface area contributed by atoms with E-state index in [1.165, 1.54) is 12.1 Å². The second-order valence-corrected chi connectivity index (χ2v) is 6.47. The van der Waals surface area contributed by atoms with Crippen LogP contribution in [0.3, 0.4) is 0 Å². The fourth-order valence-corrected chi connectivity index (χ4v) is 3.88. The van der Waals surface area contributed by atoms with Gasteiger partial charge >= 0.3 is 0 Å². The lowest BCUT2D eigenvalue weighted by Crippen LogP contribution is -2.38. The van der Waals surface area contributed by atoms with Gasteiger partial charge in [0.2, 0.25) is 0 Å². The highest BCUT2D eigenvalue weighted by Crippen LogP contribution is 2.42. The first kappa shape index (κ1) is 13.4. The Morgan fingerprint density at radius 3 is 2.55 bits per heavy atom. The molecule has 0 saturated carbocycles. The summed E-state index contributed by atoms with van der Waals surface area (Å²) in [5, 5.41) is 0. The van der Waals surface area contributed by atoms with Crippen LogP contribution >= 0.6 is 11.8 Å². The van der Waals surface area contributed by atoms with Gasteiger partial charge in [-0.2, -0.15) is 0 Å². The summed E-state index contributed by atoms with van der Waals surface area (Å²) in [6, 6.07) is 12.2. The van der Waals surface area contributed by atoms with E-state index in [4.69, 9.17) is 0 Å². The maximum absolute atomic E-state index is 13.1. The van der Waals surface area contributed by atoms with Crippen molar-refractivity contribution in [1.82, 2.24) is 0 Å². The van der Waals surface area contributed by atoms with Crippen molar-refractivity contribution >= 4 is 17.5 Å². The smallest absolute Gasteiger partial charge is 0.175 e. The molecule has 20 heavy (non-hydrogen) atoms. The topological polar surface area (TPSA) is 17.1 Å². The molecule has 0 aromatic heterocycles. The van der Waals surface area contributed by atoms with Gasteiger partial charge in [-0.05, 0) is 49.2 Å². The van der Waals surface area contributed by atoms with Crippen LogP contribution in [0.1, 0.15) is 28.4 Å². The van der Waals surface area contributed by atoms with Crippen LogP contribution in [0.4, 0.5) is 4.39 Å². The van der Waals surface area contributed by atoms with Gasteiger partial charge in [0.05, 0.1) is 5.41 Å². The quantitative estimate of drug-likeness (QED) is 0.774. The summed E-state index contributed by atoms with van der Waals surface area (Å²) < 4.78 is 13.1. The number of ketones is 1. The summed E-state index contributed by atoms with van der Waals surface area (Å²) in [6.07, 6.45) is 0. The number of halogens is 1. The van der Waals surface area contributed by atoms with Crippen molar-refractivity contribution in [3.05, 3.63) is 65.0 Å². The maximum Gasteiger partial charge on any atom is 0.175 e. The third-order valence-electron chi connectivity index (χ3n) is 3.88. The molecule has 0 N–H and O–H groups in total. The summed E-state index contributed by atoms with van der Waals surface area (Å²) in [5.74, 6) is 0.538. The van der Waals surface area contributed by atoms with Crippen LogP contribution in [0.15, 0.2) is 47.4 Å². The molecule has 0 radical (unpaired) electrons. The van der Waals surface area contributed by atoms with E-state index in [1.807, 2.05) is 26.0 Å². The Morgan fingerprint density at radius 1 is 1.15 bits per heavy atom. The highest BCUT2D eigenvalue weighted by atomic mass is 32.2. The van der Waals surface area contributed by atoms with Crippen LogP contribution in [0.2, 0.25) is 0 Å². The normalized spacial score (nSPS) is 21.6. The first-order valence-corrected chi connectivity index (χ1v) is 7.53. The molecule has 2 aromatic carbocycles. The van der Waals surface area contributed by atoms with Crippen molar-refractivity contribution in [1.29, 1.82) is 0 Å². The Morgan fingerprint density at radius 2 is 1.85 bits per heavy atom. The van der Waals surface area contributed by atoms with Gasteiger partial charge in [0, 0.05) is 16.2 Å². The van der Waals surface area contributed by atoms with Gasteiger partial charge in [-0.3, -0.25) is 4.79 Å². The Kier molecular flexibility index (Phi) is 3.17. The van der Waals surface area contributed by atoms with E-state index < -0.39 is 5.41 Å². The van der Waals surface area contributed by atoms with Crippen LogP contribution in [-0.2, 0) is 5.41 Å². The van der Waals surface area contributed by atoms with E-state index >= 15 is 0 Å². The minimum Gasteiger partial charge on any atom is -0.293 e. The van der Waals surface area contributed by atoms with Crippen LogP contribution in [0, 0.1) is 12.7 Å². The van der Waals surface area contributed by atoms with Gasteiger partial charge in [-0.25, -0.2) is 4.39 Å². The summed E-state index contributed by atoms with van der Waals surface area (Å²) in [7, 11) is 0. The van der Waals surface area contributed by atoms with Crippen molar-refractivity contribution in [2.45, 2.75) is 24.2 Å². The molecule has 0 saturated heterocycles. The average Bonchev–Trinajstić information content (AvgIpc) is 2.44. The Bertz CT molecular complexity index is 678. The molecular formula is C17H15FOS. The maximum atomic E-state index is 13.1. The highest BCUT2D eigenvalue weighted by molar-refractivity contribution is 7.99. The number of aryl methyl sites for hydroxylation is 1. The first-order valence-electron chi connectivity index (χ1n) is 6.55. The predicted octanol–water partition coefficient (Wildman–Crippen LogP) is 4.38. The Hall–Kier alpha value is -1.61. The molecule has 1 heterocycles. The number of carbonyl (C=O) groups is 1. The zero-order valence-corrected chi connectivity index (χ0v) is 12.3. The molecule has 1 unspecified atom stereocenters. The number of thioether (sulfide) groups is 1. The van der Waals surface area contributed by atoms with Gasteiger partial charge in [-0.1, -0.05) is 18.2 Å². The van der Waals surface area contributed by atoms with Crippen molar-refractivity contribution in [2.24, 2.45) is 0 Å². The SMILES string of the molecule is Cc1ccc2c(c1)SCC(C)(c1ccc(F)cc1)C2=O. The van der Waals surface area contributed by atoms with Gasteiger partial charge in [0.1, 0.15) is 5.82 Å². The number of fused-ring (bicyclic) bond motifs is 1. The Balaban J connectivity index is 2.06. The van der Waals surface area contributed by atoms with Crippen molar-refractivity contribution in [3.8, 4) is 0 Å². The number of hydrogen-bond donors (Lipinski definition) is 0. The van der Waals surface area contributed by atoms with E-state index in [0.717, 1.165) is 21.6 Å². The largest absolute Gasteiger partial charge is 0.293 e. The van der Waals surface area contributed by atoms with Crippen LogP contribution in [0.25, 0.3) is 0 Å². The van der Waals surface area contributed by atoms with E-state index in [1.54, 1.807) is 23.9 Å². The number of Topliss-reactive ketones (excluding diaryl/α,β-unsaturated/α-hetero) is 1. The number of carbonyl (C=O) groups excluding carboxylic acids is 1. The summed E-state index contributed by atoms with van der Waals surface area (Å²) in [5.41, 5.74) is 2.23. The van der Waals surface area contributed by atoms with Crippen molar-refractivity contribution < 1.29 is 9.18 Å². The van der Waals surface area contributed by atoms with E-state index in [0.29, 0.717) is 5.75 Å². The molecule has 3 heteroatoms. The van der Waals surface area contributed by atoms with E-state index in [-0.39, 0.29) is 11.6 Å². The van der Waals surface area contributed by atoms with Gasteiger partial charge in [-0.15, -0.1) is 11.8 Å².